The van der Waals surface area contributed by atoms with E-state index in [0.717, 1.165) is 11.4 Å². The molecule has 1 heterocycles. The van der Waals surface area contributed by atoms with Gasteiger partial charge in [0.1, 0.15) is 11.5 Å². The summed E-state index contributed by atoms with van der Waals surface area (Å²) in [5.41, 5.74) is 0.628. The number of methoxy groups -OCH3 is 2. The van der Waals surface area contributed by atoms with Crippen molar-refractivity contribution < 1.29 is 9.47 Å². The third kappa shape index (κ3) is 4.21. The van der Waals surface area contributed by atoms with Gasteiger partial charge >= 0.3 is 0 Å². The van der Waals surface area contributed by atoms with Gasteiger partial charge in [-0.25, -0.2) is 0 Å². The first kappa shape index (κ1) is 15.8. The van der Waals surface area contributed by atoms with Gasteiger partial charge in [-0.15, -0.1) is 5.10 Å². The lowest BCUT2D eigenvalue weighted by molar-refractivity contribution is 0.395. The molecule has 118 valence electrons. The van der Waals surface area contributed by atoms with E-state index in [9.17, 15) is 0 Å². The number of nitrogens with one attached hydrogen (secondary N) is 2. The minimum Gasteiger partial charge on any atom is -0.497 e. The molecule has 0 aliphatic carbocycles. The molecule has 7 heteroatoms. The minimum absolute atomic E-state index is 0.141. The molecule has 0 bridgehead atoms. The lowest BCUT2D eigenvalue weighted by Crippen LogP contribution is -2.27. The van der Waals surface area contributed by atoms with Gasteiger partial charge in [0.25, 0.3) is 0 Å². The van der Waals surface area contributed by atoms with Crippen molar-refractivity contribution in [2.45, 2.75) is 26.3 Å². The minimum atomic E-state index is -0.141. The van der Waals surface area contributed by atoms with Crippen LogP contribution in [0.15, 0.2) is 24.4 Å². The van der Waals surface area contributed by atoms with Crippen LogP contribution in [0.2, 0.25) is 0 Å². The molecule has 2 N–H and O–H groups in total. The molecular formula is C15H21N5O2. The Kier molecular flexibility index (Phi) is 4.65. The molecule has 2 aromatic rings. The number of rotatable bonds is 5. The van der Waals surface area contributed by atoms with E-state index >= 15 is 0 Å². The van der Waals surface area contributed by atoms with Crippen molar-refractivity contribution in [2.75, 3.05) is 24.9 Å². The SMILES string of the molecule is COc1ccc(Nc2cnnc(NC(C)(C)C)n2)c(OC)c1. The van der Waals surface area contributed by atoms with Crippen molar-refractivity contribution >= 4 is 17.5 Å². The first-order valence-corrected chi connectivity index (χ1v) is 6.88. The highest BCUT2D eigenvalue weighted by molar-refractivity contribution is 5.65. The van der Waals surface area contributed by atoms with Gasteiger partial charge in [-0.3, -0.25) is 0 Å². The average molecular weight is 303 g/mol. The van der Waals surface area contributed by atoms with E-state index in [1.54, 1.807) is 26.5 Å². The Morgan fingerprint density at radius 1 is 1.09 bits per heavy atom. The molecule has 0 unspecified atom stereocenters. The monoisotopic (exact) mass is 303 g/mol. The van der Waals surface area contributed by atoms with Crippen LogP contribution in [0.25, 0.3) is 0 Å². The first-order valence-electron chi connectivity index (χ1n) is 6.88. The molecule has 2 rings (SSSR count). The molecule has 0 aliphatic rings. The lowest BCUT2D eigenvalue weighted by Gasteiger charge is -2.20. The maximum atomic E-state index is 5.35. The van der Waals surface area contributed by atoms with Crippen LogP contribution in [-0.4, -0.2) is 34.9 Å². The largest absolute Gasteiger partial charge is 0.497 e. The number of aromatic nitrogens is 3. The standard InChI is InChI=1S/C15H21N5O2/c1-15(2,3)19-14-18-13(9-16-20-14)17-11-7-6-10(21-4)8-12(11)22-5/h6-9H,1-5H3,(H2,17,18,19,20). The number of nitrogens with zero attached hydrogens (tertiary/aromatic N) is 3. The normalized spacial score (nSPS) is 11.0. The highest BCUT2D eigenvalue weighted by atomic mass is 16.5. The molecule has 0 atom stereocenters. The molecule has 22 heavy (non-hydrogen) atoms. The van der Waals surface area contributed by atoms with Crippen molar-refractivity contribution in [3.63, 3.8) is 0 Å². The third-order valence-electron chi connectivity index (χ3n) is 2.72. The number of benzene rings is 1. The predicted octanol–water partition coefficient (Wildman–Crippen LogP) is 2.84. The second-order valence-electron chi connectivity index (χ2n) is 5.73. The maximum Gasteiger partial charge on any atom is 0.245 e. The van der Waals surface area contributed by atoms with Gasteiger partial charge in [-0.1, -0.05) is 0 Å². The van der Waals surface area contributed by atoms with Crippen molar-refractivity contribution in [3.05, 3.63) is 24.4 Å². The lowest BCUT2D eigenvalue weighted by atomic mass is 10.1. The van der Waals surface area contributed by atoms with E-state index in [4.69, 9.17) is 9.47 Å². The smallest absolute Gasteiger partial charge is 0.245 e. The van der Waals surface area contributed by atoms with Crippen molar-refractivity contribution in [3.8, 4) is 11.5 Å². The Bertz CT molecular complexity index is 640. The Morgan fingerprint density at radius 3 is 2.50 bits per heavy atom. The Labute approximate surface area is 130 Å². The fourth-order valence-electron chi connectivity index (χ4n) is 1.79. The topological polar surface area (TPSA) is 81.2 Å². The number of anilines is 3. The van der Waals surface area contributed by atoms with Crippen LogP contribution in [0.3, 0.4) is 0 Å². The van der Waals surface area contributed by atoms with E-state index in [1.165, 1.54) is 0 Å². The van der Waals surface area contributed by atoms with Crippen molar-refractivity contribution in [1.29, 1.82) is 0 Å². The van der Waals surface area contributed by atoms with E-state index in [-0.39, 0.29) is 5.54 Å². The summed E-state index contributed by atoms with van der Waals surface area (Å²) >= 11 is 0. The van der Waals surface area contributed by atoms with E-state index in [0.29, 0.717) is 17.5 Å². The van der Waals surface area contributed by atoms with Gasteiger partial charge < -0.3 is 20.1 Å². The number of hydrogen-bond acceptors (Lipinski definition) is 7. The quantitative estimate of drug-likeness (QED) is 0.879. The molecule has 7 nitrogen and oxygen atoms in total. The second kappa shape index (κ2) is 6.46. The maximum absolute atomic E-state index is 5.35. The van der Waals surface area contributed by atoms with Gasteiger partial charge in [-0.2, -0.15) is 10.1 Å². The zero-order chi connectivity index (χ0) is 16.2. The summed E-state index contributed by atoms with van der Waals surface area (Å²) in [6.07, 6.45) is 1.55. The zero-order valence-corrected chi connectivity index (χ0v) is 13.5. The fourth-order valence-corrected chi connectivity index (χ4v) is 1.79. The summed E-state index contributed by atoms with van der Waals surface area (Å²) in [6.45, 7) is 6.09. The molecule has 0 aliphatic heterocycles. The van der Waals surface area contributed by atoms with Gasteiger partial charge in [0.15, 0.2) is 5.82 Å². The predicted molar refractivity (Wildman–Crippen MR) is 86.0 cm³/mol. The third-order valence-corrected chi connectivity index (χ3v) is 2.72. The summed E-state index contributed by atoms with van der Waals surface area (Å²) < 4.78 is 10.5. The summed E-state index contributed by atoms with van der Waals surface area (Å²) in [7, 11) is 3.21. The molecule has 1 aromatic heterocycles. The van der Waals surface area contributed by atoms with Crippen LogP contribution in [0, 0.1) is 0 Å². The Balaban J connectivity index is 2.22. The summed E-state index contributed by atoms with van der Waals surface area (Å²) in [5.74, 6) is 2.41. The van der Waals surface area contributed by atoms with Gasteiger partial charge in [-0.05, 0) is 32.9 Å². The van der Waals surface area contributed by atoms with Crippen LogP contribution in [0.1, 0.15) is 20.8 Å². The van der Waals surface area contributed by atoms with Crippen LogP contribution in [0.5, 0.6) is 11.5 Å². The van der Waals surface area contributed by atoms with Crippen molar-refractivity contribution in [2.24, 2.45) is 0 Å². The van der Waals surface area contributed by atoms with Gasteiger partial charge in [0, 0.05) is 11.6 Å². The van der Waals surface area contributed by atoms with Gasteiger partial charge in [0.2, 0.25) is 5.95 Å². The molecule has 1 aromatic carbocycles. The second-order valence-corrected chi connectivity index (χ2v) is 5.73. The highest BCUT2D eigenvalue weighted by Crippen LogP contribution is 2.30. The average Bonchev–Trinajstić information content (AvgIpc) is 2.46. The number of hydrogen-bond donors (Lipinski definition) is 2. The van der Waals surface area contributed by atoms with Crippen LogP contribution in [-0.2, 0) is 0 Å². The van der Waals surface area contributed by atoms with E-state index < -0.39 is 0 Å². The summed E-state index contributed by atoms with van der Waals surface area (Å²) in [5, 5.41) is 14.3. The molecule has 0 fully saturated rings. The van der Waals surface area contributed by atoms with E-state index in [1.807, 2.05) is 32.9 Å². The molecule has 0 saturated carbocycles. The Hall–Kier alpha value is -2.57. The van der Waals surface area contributed by atoms with Crippen molar-refractivity contribution in [1.82, 2.24) is 15.2 Å². The highest BCUT2D eigenvalue weighted by Gasteiger charge is 2.12. The Morgan fingerprint density at radius 2 is 1.86 bits per heavy atom. The molecular weight excluding hydrogens is 282 g/mol. The molecule has 0 spiro atoms. The van der Waals surface area contributed by atoms with Gasteiger partial charge in [0.05, 0.1) is 26.1 Å². The molecule has 0 amide bonds. The molecule has 0 saturated heterocycles. The van der Waals surface area contributed by atoms with Crippen LogP contribution < -0.4 is 20.1 Å². The van der Waals surface area contributed by atoms with E-state index in [2.05, 4.69) is 25.8 Å². The summed E-state index contributed by atoms with van der Waals surface area (Å²) in [6, 6.07) is 5.50. The first-order chi connectivity index (χ1) is 10.4. The molecule has 0 radical (unpaired) electrons. The van der Waals surface area contributed by atoms with Crippen LogP contribution >= 0.6 is 0 Å². The fraction of sp³-hybridized carbons (Fsp3) is 0.400. The summed E-state index contributed by atoms with van der Waals surface area (Å²) in [4.78, 5) is 4.39. The zero-order valence-electron chi connectivity index (χ0n) is 13.5. The number of ether oxygens (including phenoxy) is 2. The van der Waals surface area contributed by atoms with Crippen LogP contribution in [0.4, 0.5) is 17.5 Å².